The molecule has 1 heterocycles. The quantitative estimate of drug-likeness (QED) is 0.677. The molecule has 0 atom stereocenters. The molecule has 0 fully saturated rings. The molecule has 0 aliphatic heterocycles. The van der Waals surface area contributed by atoms with Crippen molar-refractivity contribution in [2.24, 2.45) is 0 Å². The number of fused-ring (bicyclic) bond motifs is 1. The summed E-state index contributed by atoms with van der Waals surface area (Å²) in [6.45, 7) is 0. The van der Waals surface area contributed by atoms with E-state index in [2.05, 4.69) is 0 Å². The maximum atomic E-state index is 10.5. The van der Waals surface area contributed by atoms with Crippen molar-refractivity contribution in [1.29, 1.82) is 0 Å². The SMILES string of the molecule is O=Cc1cc2c(Cl)c(Cl)ccc2s1. The van der Waals surface area contributed by atoms with Gasteiger partial charge in [0.15, 0.2) is 6.29 Å². The molecule has 0 aliphatic carbocycles. The summed E-state index contributed by atoms with van der Waals surface area (Å²) in [5, 5.41) is 1.88. The summed E-state index contributed by atoms with van der Waals surface area (Å²) < 4.78 is 0.983. The lowest BCUT2D eigenvalue weighted by molar-refractivity contribution is 0.112. The number of hydrogen-bond acceptors (Lipinski definition) is 2. The summed E-state index contributed by atoms with van der Waals surface area (Å²) in [6.07, 6.45) is 0.814. The third-order valence-electron chi connectivity index (χ3n) is 1.72. The highest BCUT2D eigenvalue weighted by Crippen LogP contribution is 2.35. The summed E-state index contributed by atoms with van der Waals surface area (Å²) in [7, 11) is 0. The first-order valence-corrected chi connectivity index (χ1v) is 5.12. The van der Waals surface area contributed by atoms with Crippen LogP contribution in [-0.2, 0) is 0 Å². The van der Waals surface area contributed by atoms with Crippen molar-refractivity contribution in [3.05, 3.63) is 33.1 Å². The van der Waals surface area contributed by atoms with E-state index < -0.39 is 0 Å². The predicted octanol–water partition coefficient (Wildman–Crippen LogP) is 4.02. The molecule has 1 nitrogen and oxygen atoms in total. The topological polar surface area (TPSA) is 17.1 Å². The van der Waals surface area contributed by atoms with Crippen molar-refractivity contribution in [1.82, 2.24) is 0 Å². The molecule has 0 amide bonds. The van der Waals surface area contributed by atoms with Gasteiger partial charge in [0.25, 0.3) is 0 Å². The first kappa shape index (κ1) is 9.00. The van der Waals surface area contributed by atoms with Crippen molar-refractivity contribution in [2.45, 2.75) is 0 Å². The van der Waals surface area contributed by atoms with Gasteiger partial charge in [0.05, 0.1) is 14.9 Å². The van der Waals surface area contributed by atoms with Gasteiger partial charge in [-0.1, -0.05) is 23.2 Å². The van der Waals surface area contributed by atoms with Gasteiger partial charge in [0.1, 0.15) is 0 Å². The number of rotatable bonds is 1. The van der Waals surface area contributed by atoms with Crippen molar-refractivity contribution in [2.75, 3.05) is 0 Å². The van der Waals surface area contributed by atoms with E-state index in [4.69, 9.17) is 23.2 Å². The zero-order valence-electron chi connectivity index (χ0n) is 6.38. The number of carbonyl (C=O) groups excluding carboxylic acids is 1. The third kappa shape index (κ3) is 1.46. The third-order valence-corrected chi connectivity index (χ3v) is 3.57. The molecule has 2 aromatic rings. The van der Waals surface area contributed by atoms with Gasteiger partial charge in [-0.05, 0) is 18.2 Å². The molecule has 4 heteroatoms. The number of carbonyl (C=O) groups is 1. The maximum absolute atomic E-state index is 10.5. The highest BCUT2D eigenvalue weighted by Gasteiger charge is 2.07. The van der Waals surface area contributed by atoms with Crippen LogP contribution in [0, 0.1) is 0 Å². The molecule has 0 aliphatic rings. The van der Waals surface area contributed by atoms with E-state index in [9.17, 15) is 4.79 Å². The van der Waals surface area contributed by atoms with E-state index in [1.165, 1.54) is 11.3 Å². The minimum atomic E-state index is 0.517. The minimum absolute atomic E-state index is 0.517. The standard InChI is InChI=1S/C9H4Cl2OS/c10-7-1-2-8-6(9(7)11)3-5(4-12)13-8/h1-4H. The Morgan fingerprint density at radius 2 is 2.08 bits per heavy atom. The van der Waals surface area contributed by atoms with Crippen LogP contribution in [0.5, 0.6) is 0 Å². The van der Waals surface area contributed by atoms with E-state index in [0.717, 1.165) is 16.4 Å². The molecule has 0 unspecified atom stereocenters. The summed E-state index contributed by atoms with van der Waals surface area (Å²) >= 11 is 13.2. The molecule has 0 bridgehead atoms. The zero-order chi connectivity index (χ0) is 9.42. The van der Waals surface area contributed by atoms with E-state index in [1.807, 2.05) is 6.07 Å². The second-order valence-electron chi connectivity index (χ2n) is 2.54. The van der Waals surface area contributed by atoms with E-state index in [0.29, 0.717) is 14.9 Å². The van der Waals surface area contributed by atoms with Gasteiger partial charge < -0.3 is 0 Å². The van der Waals surface area contributed by atoms with Crippen molar-refractivity contribution in [3.63, 3.8) is 0 Å². The second-order valence-corrected chi connectivity index (χ2v) is 4.44. The summed E-state index contributed by atoms with van der Waals surface area (Å²) in [5.41, 5.74) is 0. The van der Waals surface area contributed by atoms with Crippen molar-refractivity contribution >= 4 is 50.9 Å². The molecule has 0 saturated carbocycles. The zero-order valence-corrected chi connectivity index (χ0v) is 8.71. The van der Waals surface area contributed by atoms with Gasteiger partial charge in [-0.2, -0.15) is 0 Å². The Kier molecular flexibility index (Phi) is 2.28. The van der Waals surface area contributed by atoms with Crippen LogP contribution < -0.4 is 0 Å². The molecule has 0 spiro atoms. The van der Waals surface area contributed by atoms with E-state index >= 15 is 0 Å². The van der Waals surface area contributed by atoms with Crippen LogP contribution in [-0.4, -0.2) is 6.29 Å². The monoisotopic (exact) mass is 230 g/mol. The normalized spacial score (nSPS) is 10.6. The largest absolute Gasteiger partial charge is 0.297 e. The lowest BCUT2D eigenvalue weighted by atomic mass is 10.2. The van der Waals surface area contributed by atoms with Gasteiger partial charge in [-0.25, -0.2) is 0 Å². The average molecular weight is 231 g/mol. The van der Waals surface area contributed by atoms with Crippen LogP contribution in [0.1, 0.15) is 9.67 Å². The number of halogens is 2. The van der Waals surface area contributed by atoms with Crippen molar-refractivity contribution in [3.8, 4) is 0 Å². The molecule has 13 heavy (non-hydrogen) atoms. The number of hydrogen-bond donors (Lipinski definition) is 0. The van der Waals surface area contributed by atoms with E-state index in [-0.39, 0.29) is 0 Å². The van der Waals surface area contributed by atoms with Crippen LogP contribution in [0.15, 0.2) is 18.2 Å². The molecule has 0 radical (unpaired) electrons. The van der Waals surface area contributed by atoms with Crippen LogP contribution in [0.3, 0.4) is 0 Å². The summed E-state index contributed by atoms with van der Waals surface area (Å²) in [4.78, 5) is 11.2. The Balaban J connectivity index is 2.83. The smallest absolute Gasteiger partial charge is 0.160 e. The Hall–Kier alpha value is -0.570. The first-order chi connectivity index (χ1) is 6.22. The van der Waals surface area contributed by atoms with E-state index in [1.54, 1.807) is 12.1 Å². The highest BCUT2D eigenvalue weighted by molar-refractivity contribution is 7.20. The molecule has 66 valence electrons. The number of thiophene rings is 1. The van der Waals surface area contributed by atoms with Gasteiger partial charge in [-0.15, -0.1) is 11.3 Å². The lowest BCUT2D eigenvalue weighted by Crippen LogP contribution is -1.68. The van der Waals surface area contributed by atoms with Crippen molar-refractivity contribution < 1.29 is 4.79 Å². The minimum Gasteiger partial charge on any atom is -0.297 e. The van der Waals surface area contributed by atoms with Crippen LogP contribution in [0.25, 0.3) is 10.1 Å². The molecular formula is C9H4Cl2OS. The van der Waals surface area contributed by atoms with Gasteiger partial charge >= 0.3 is 0 Å². The van der Waals surface area contributed by atoms with Gasteiger partial charge in [-0.3, -0.25) is 4.79 Å². The average Bonchev–Trinajstić information content (AvgIpc) is 2.55. The predicted molar refractivity (Wildman–Crippen MR) is 57.2 cm³/mol. The Morgan fingerprint density at radius 1 is 1.31 bits per heavy atom. The number of aldehydes is 1. The molecular weight excluding hydrogens is 227 g/mol. The Morgan fingerprint density at radius 3 is 2.77 bits per heavy atom. The first-order valence-electron chi connectivity index (χ1n) is 3.55. The van der Waals surface area contributed by atoms with Crippen LogP contribution >= 0.6 is 34.5 Å². The fourth-order valence-electron chi connectivity index (χ4n) is 1.13. The Labute approximate surface area is 88.9 Å². The fraction of sp³-hybridized carbons (Fsp3) is 0. The molecule has 1 aromatic heterocycles. The van der Waals surface area contributed by atoms with Crippen LogP contribution in [0.2, 0.25) is 10.0 Å². The Bertz CT molecular complexity index is 476. The highest BCUT2D eigenvalue weighted by atomic mass is 35.5. The number of benzene rings is 1. The maximum Gasteiger partial charge on any atom is 0.160 e. The summed E-state index contributed by atoms with van der Waals surface area (Å²) in [6, 6.07) is 5.35. The molecule has 2 rings (SSSR count). The lowest BCUT2D eigenvalue weighted by Gasteiger charge is -1.94. The van der Waals surface area contributed by atoms with Gasteiger partial charge in [0.2, 0.25) is 0 Å². The molecule has 1 aromatic carbocycles. The fourth-order valence-corrected chi connectivity index (χ4v) is 2.45. The molecule has 0 N–H and O–H groups in total. The van der Waals surface area contributed by atoms with Gasteiger partial charge in [0, 0.05) is 10.1 Å². The second kappa shape index (κ2) is 3.29. The molecule has 0 saturated heterocycles. The summed E-state index contributed by atoms with van der Waals surface area (Å²) in [5.74, 6) is 0. The van der Waals surface area contributed by atoms with Crippen LogP contribution in [0.4, 0.5) is 0 Å².